The number of fused-ring (bicyclic) bond motifs is 1. The standard InChI is InChI=1S/C14H20N2/c1-2-3-4-7-13(15)11-6-5-8-14-12(11)9-10-16-14/h5-6,8-10,13,16H,2-4,7,15H2,1H3/t13-/m0/s1. The largest absolute Gasteiger partial charge is 0.361 e. The van der Waals surface area contributed by atoms with Crippen LogP contribution in [0.4, 0.5) is 0 Å². The number of aromatic nitrogens is 1. The summed E-state index contributed by atoms with van der Waals surface area (Å²) in [6, 6.07) is 8.61. The lowest BCUT2D eigenvalue weighted by Gasteiger charge is -2.12. The molecule has 0 fully saturated rings. The Morgan fingerprint density at radius 3 is 2.94 bits per heavy atom. The highest BCUT2D eigenvalue weighted by molar-refractivity contribution is 5.83. The molecule has 1 aromatic heterocycles. The van der Waals surface area contributed by atoms with Crippen LogP contribution in [0.15, 0.2) is 30.5 Å². The molecule has 0 aliphatic rings. The Kier molecular flexibility index (Phi) is 3.62. The predicted molar refractivity (Wildman–Crippen MR) is 69.4 cm³/mol. The van der Waals surface area contributed by atoms with Gasteiger partial charge in [-0.15, -0.1) is 0 Å². The van der Waals surface area contributed by atoms with Gasteiger partial charge >= 0.3 is 0 Å². The van der Waals surface area contributed by atoms with E-state index < -0.39 is 0 Å². The third kappa shape index (κ3) is 2.27. The molecule has 0 unspecified atom stereocenters. The van der Waals surface area contributed by atoms with Crippen molar-refractivity contribution in [1.82, 2.24) is 4.98 Å². The molecule has 1 heterocycles. The van der Waals surface area contributed by atoms with Gasteiger partial charge in [0.2, 0.25) is 0 Å². The second-order valence-corrected chi connectivity index (χ2v) is 4.39. The van der Waals surface area contributed by atoms with Crippen molar-refractivity contribution >= 4 is 10.9 Å². The van der Waals surface area contributed by atoms with Crippen LogP contribution in [0.5, 0.6) is 0 Å². The minimum atomic E-state index is 0.172. The molecule has 0 saturated heterocycles. The molecule has 2 rings (SSSR count). The van der Waals surface area contributed by atoms with Crippen LogP contribution in [-0.4, -0.2) is 4.98 Å². The number of unbranched alkanes of at least 4 members (excludes halogenated alkanes) is 2. The lowest BCUT2D eigenvalue weighted by molar-refractivity contribution is 0.584. The van der Waals surface area contributed by atoms with Crippen LogP contribution < -0.4 is 5.73 Å². The molecule has 0 aliphatic heterocycles. The number of aromatic amines is 1. The minimum absolute atomic E-state index is 0.172. The van der Waals surface area contributed by atoms with Gasteiger partial charge < -0.3 is 10.7 Å². The van der Waals surface area contributed by atoms with E-state index in [4.69, 9.17) is 5.73 Å². The smallest absolute Gasteiger partial charge is 0.0457 e. The maximum Gasteiger partial charge on any atom is 0.0457 e. The molecular formula is C14H20N2. The maximum atomic E-state index is 6.25. The van der Waals surface area contributed by atoms with Crippen molar-refractivity contribution < 1.29 is 0 Å². The zero-order chi connectivity index (χ0) is 11.4. The van der Waals surface area contributed by atoms with Gasteiger partial charge in [-0.05, 0) is 24.1 Å². The Hall–Kier alpha value is -1.28. The van der Waals surface area contributed by atoms with E-state index in [0.717, 1.165) is 6.42 Å². The fraction of sp³-hybridized carbons (Fsp3) is 0.429. The van der Waals surface area contributed by atoms with E-state index in [-0.39, 0.29) is 6.04 Å². The third-order valence-corrected chi connectivity index (χ3v) is 3.15. The van der Waals surface area contributed by atoms with E-state index in [1.54, 1.807) is 0 Å². The number of nitrogens with two attached hydrogens (primary N) is 1. The summed E-state index contributed by atoms with van der Waals surface area (Å²) in [5, 5.41) is 1.27. The summed E-state index contributed by atoms with van der Waals surface area (Å²) in [6.07, 6.45) is 6.81. The number of H-pyrrole nitrogens is 1. The van der Waals surface area contributed by atoms with E-state index in [2.05, 4.69) is 36.2 Å². The van der Waals surface area contributed by atoms with Gasteiger partial charge in [0.05, 0.1) is 0 Å². The number of nitrogens with one attached hydrogen (secondary N) is 1. The highest BCUT2D eigenvalue weighted by Crippen LogP contribution is 2.25. The molecule has 2 nitrogen and oxygen atoms in total. The monoisotopic (exact) mass is 216 g/mol. The molecule has 1 aromatic carbocycles. The molecule has 2 heteroatoms. The van der Waals surface area contributed by atoms with Gasteiger partial charge in [-0.2, -0.15) is 0 Å². The molecule has 16 heavy (non-hydrogen) atoms. The van der Waals surface area contributed by atoms with Crippen LogP contribution >= 0.6 is 0 Å². The third-order valence-electron chi connectivity index (χ3n) is 3.15. The van der Waals surface area contributed by atoms with E-state index in [9.17, 15) is 0 Å². The Morgan fingerprint density at radius 1 is 1.25 bits per heavy atom. The number of rotatable bonds is 5. The molecule has 86 valence electrons. The SMILES string of the molecule is CCCCC[C@H](N)c1cccc2[nH]ccc12. The topological polar surface area (TPSA) is 41.8 Å². The average molecular weight is 216 g/mol. The van der Waals surface area contributed by atoms with Crippen LogP contribution in [0.25, 0.3) is 10.9 Å². The molecule has 2 aromatic rings. The first kappa shape index (κ1) is 11.2. The Balaban J connectivity index is 2.15. The molecule has 0 amide bonds. The fourth-order valence-corrected chi connectivity index (χ4v) is 2.20. The van der Waals surface area contributed by atoms with E-state index >= 15 is 0 Å². The summed E-state index contributed by atoms with van der Waals surface area (Å²) in [4.78, 5) is 3.23. The van der Waals surface area contributed by atoms with Crippen molar-refractivity contribution in [2.75, 3.05) is 0 Å². The first-order valence-corrected chi connectivity index (χ1v) is 6.14. The zero-order valence-electron chi connectivity index (χ0n) is 9.87. The first-order chi connectivity index (χ1) is 7.83. The fourth-order valence-electron chi connectivity index (χ4n) is 2.20. The maximum absolute atomic E-state index is 6.25. The highest BCUT2D eigenvalue weighted by Gasteiger charge is 2.09. The average Bonchev–Trinajstić information content (AvgIpc) is 2.76. The first-order valence-electron chi connectivity index (χ1n) is 6.14. The lowest BCUT2D eigenvalue weighted by atomic mass is 9.98. The van der Waals surface area contributed by atoms with E-state index in [1.165, 1.54) is 35.7 Å². The summed E-state index contributed by atoms with van der Waals surface area (Å²) < 4.78 is 0. The molecular weight excluding hydrogens is 196 g/mol. The summed E-state index contributed by atoms with van der Waals surface area (Å²) >= 11 is 0. The summed E-state index contributed by atoms with van der Waals surface area (Å²) in [5.74, 6) is 0. The second-order valence-electron chi connectivity index (χ2n) is 4.39. The van der Waals surface area contributed by atoms with Crippen LogP contribution in [0.3, 0.4) is 0 Å². The van der Waals surface area contributed by atoms with Crippen molar-refractivity contribution in [3.63, 3.8) is 0 Å². The number of benzene rings is 1. The lowest BCUT2D eigenvalue weighted by Crippen LogP contribution is -2.10. The minimum Gasteiger partial charge on any atom is -0.361 e. The van der Waals surface area contributed by atoms with Crippen molar-refractivity contribution in [2.24, 2.45) is 5.73 Å². The Morgan fingerprint density at radius 2 is 2.12 bits per heavy atom. The molecule has 0 spiro atoms. The molecule has 1 atom stereocenters. The van der Waals surface area contributed by atoms with Crippen molar-refractivity contribution in [2.45, 2.75) is 38.6 Å². The molecule has 0 radical (unpaired) electrons. The van der Waals surface area contributed by atoms with Gasteiger partial charge in [0.15, 0.2) is 0 Å². The van der Waals surface area contributed by atoms with Crippen LogP contribution in [0, 0.1) is 0 Å². The number of hydrogen-bond donors (Lipinski definition) is 2. The van der Waals surface area contributed by atoms with E-state index in [1.807, 2.05) is 6.20 Å². The highest BCUT2D eigenvalue weighted by atomic mass is 14.7. The molecule has 0 aliphatic carbocycles. The Labute approximate surface area is 96.9 Å². The van der Waals surface area contributed by atoms with E-state index in [0.29, 0.717) is 0 Å². The van der Waals surface area contributed by atoms with Crippen molar-refractivity contribution in [1.29, 1.82) is 0 Å². The van der Waals surface area contributed by atoms with Crippen molar-refractivity contribution in [3.05, 3.63) is 36.0 Å². The van der Waals surface area contributed by atoms with Crippen molar-refractivity contribution in [3.8, 4) is 0 Å². The second kappa shape index (κ2) is 5.17. The van der Waals surface area contributed by atoms with Crippen LogP contribution in [0.1, 0.15) is 44.2 Å². The molecule has 0 saturated carbocycles. The van der Waals surface area contributed by atoms with Gasteiger partial charge in [-0.25, -0.2) is 0 Å². The summed E-state index contributed by atoms with van der Waals surface area (Å²) in [7, 11) is 0. The zero-order valence-corrected chi connectivity index (χ0v) is 9.87. The quantitative estimate of drug-likeness (QED) is 0.734. The summed E-state index contributed by atoms with van der Waals surface area (Å²) in [5.41, 5.74) is 8.70. The normalized spacial score (nSPS) is 13.1. The van der Waals surface area contributed by atoms with Gasteiger partial charge in [0.1, 0.15) is 0 Å². The molecule has 0 bridgehead atoms. The van der Waals surface area contributed by atoms with Crippen LogP contribution in [0.2, 0.25) is 0 Å². The molecule has 3 N–H and O–H groups in total. The van der Waals surface area contributed by atoms with Gasteiger partial charge in [0.25, 0.3) is 0 Å². The van der Waals surface area contributed by atoms with Gasteiger partial charge in [0, 0.05) is 23.1 Å². The summed E-state index contributed by atoms with van der Waals surface area (Å²) in [6.45, 7) is 2.22. The van der Waals surface area contributed by atoms with Crippen LogP contribution in [-0.2, 0) is 0 Å². The predicted octanol–water partition coefficient (Wildman–Crippen LogP) is 3.75. The van der Waals surface area contributed by atoms with Gasteiger partial charge in [-0.3, -0.25) is 0 Å². The Bertz CT molecular complexity index is 445. The number of hydrogen-bond acceptors (Lipinski definition) is 1. The van der Waals surface area contributed by atoms with Gasteiger partial charge in [-0.1, -0.05) is 38.3 Å².